The van der Waals surface area contributed by atoms with Gasteiger partial charge in [0.05, 0.1) is 7.11 Å². The van der Waals surface area contributed by atoms with E-state index in [0.29, 0.717) is 0 Å². The highest BCUT2D eigenvalue weighted by molar-refractivity contribution is 5.40. The summed E-state index contributed by atoms with van der Waals surface area (Å²) in [6.07, 6.45) is 3.84. The lowest BCUT2D eigenvalue weighted by atomic mass is 9.72. The van der Waals surface area contributed by atoms with Gasteiger partial charge in [0.15, 0.2) is 0 Å². The third-order valence-corrected chi connectivity index (χ3v) is 4.14. The first-order valence-corrected chi connectivity index (χ1v) is 6.26. The molecule has 0 radical (unpaired) electrons. The van der Waals surface area contributed by atoms with Gasteiger partial charge in [-0.05, 0) is 67.4 Å². The Bertz CT molecular complexity index is 388. The summed E-state index contributed by atoms with van der Waals surface area (Å²) in [5.74, 6) is 2.65. The van der Waals surface area contributed by atoms with Crippen LogP contribution in [0.2, 0.25) is 0 Å². The van der Waals surface area contributed by atoms with E-state index >= 15 is 0 Å². The van der Waals surface area contributed by atoms with E-state index in [2.05, 4.69) is 23.5 Å². The molecule has 2 unspecified atom stereocenters. The molecule has 0 spiro atoms. The molecule has 2 atom stereocenters. The molecule has 3 rings (SSSR count). The van der Waals surface area contributed by atoms with Crippen molar-refractivity contribution >= 4 is 0 Å². The molecule has 86 valence electrons. The molecule has 0 aromatic heterocycles. The van der Waals surface area contributed by atoms with Crippen LogP contribution in [0.4, 0.5) is 0 Å². The summed E-state index contributed by atoms with van der Waals surface area (Å²) in [6, 6.07) is 6.63. The Hall–Kier alpha value is -1.02. The van der Waals surface area contributed by atoms with Crippen LogP contribution in [0.15, 0.2) is 18.2 Å². The van der Waals surface area contributed by atoms with Crippen LogP contribution in [0.1, 0.15) is 29.9 Å². The normalized spacial score (nSPS) is 28.1. The van der Waals surface area contributed by atoms with Crippen LogP contribution in [0.5, 0.6) is 5.75 Å². The molecule has 1 aromatic carbocycles. The fourth-order valence-corrected chi connectivity index (χ4v) is 3.26. The molecular formula is C14H19NO. The molecule has 1 aromatic rings. The number of hydrogen-bond acceptors (Lipinski definition) is 2. The maximum absolute atomic E-state index is 5.30. The van der Waals surface area contributed by atoms with Crippen molar-refractivity contribution in [3.63, 3.8) is 0 Å². The topological polar surface area (TPSA) is 21.3 Å². The van der Waals surface area contributed by atoms with E-state index in [-0.39, 0.29) is 0 Å². The van der Waals surface area contributed by atoms with Gasteiger partial charge in [0.2, 0.25) is 0 Å². The van der Waals surface area contributed by atoms with E-state index in [1.165, 1.54) is 37.9 Å². The predicted octanol–water partition coefficient (Wildman–Crippen LogP) is 2.33. The van der Waals surface area contributed by atoms with Crippen LogP contribution >= 0.6 is 0 Å². The second-order valence-electron chi connectivity index (χ2n) is 4.96. The molecule has 2 aliphatic rings. The molecule has 1 fully saturated rings. The van der Waals surface area contributed by atoms with Gasteiger partial charge in [-0.15, -0.1) is 0 Å². The van der Waals surface area contributed by atoms with Gasteiger partial charge in [0, 0.05) is 0 Å². The quantitative estimate of drug-likeness (QED) is 0.779. The van der Waals surface area contributed by atoms with Crippen molar-refractivity contribution in [1.29, 1.82) is 0 Å². The molecule has 1 aliphatic heterocycles. The summed E-state index contributed by atoms with van der Waals surface area (Å²) in [5, 5.41) is 3.51. The first kappa shape index (κ1) is 10.2. The third kappa shape index (κ3) is 1.61. The number of nitrogens with one attached hydrogen (secondary N) is 1. The number of rotatable bonds is 1. The second kappa shape index (κ2) is 4.10. The van der Waals surface area contributed by atoms with Gasteiger partial charge in [0.1, 0.15) is 5.75 Å². The molecule has 1 heterocycles. The molecular weight excluding hydrogens is 198 g/mol. The van der Waals surface area contributed by atoms with Gasteiger partial charge < -0.3 is 10.1 Å². The molecule has 1 aliphatic carbocycles. The fourth-order valence-electron chi connectivity index (χ4n) is 3.26. The van der Waals surface area contributed by atoms with E-state index in [1.807, 2.05) is 0 Å². The van der Waals surface area contributed by atoms with Crippen molar-refractivity contribution in [2.45, 2.75) is 25.2 Å². The Balaban J connectivity index is 1.96. The summed E-state index contributed by atoms with van der Waals surface area (Å²) in [5.41, 5.74) is 3.10. The molecule has 16 heavy (non-hydrogen) atoms. The van der Waals surface area contributed by atoms with Crippen LogP contribution in [0, 0.1) is 5.92 Å². The summed E-state index contributed by atoms with van der Waals surface area (Å²) in [6.45, 7) is 2.38. The molecule has 0 bridgehead atoms. The molecule has 2 heteroatoms. The minimum atomic E-state index is 0.788. The monoisotopic (exact) mass is 217 g/mol. The first-order chi connectivity index (χ1) is 7.88. The van der Waals surface area contributed by atoms with Gasteiger partial charge in [-0.2, -0.15) is 0 Å². The largest absolute Gasteiger partial charge is 0.497 e. The lowest BCUT2D eigenvalue weighted by Gasteiger charge is -2.37. The van der Waals surface area contributed by atoms with Crippen molar-refractivity contribution < 1.29 is 4.74 Å². The lowest BCUT2D eigenvalue weighted by molar-refractivity contribution is 0.292. The average molecular weight is 217 g/mol. The van der Waals surface area contributed by atoms with Crippen molar-refractivity contribution in [2.75, 3.05) is 20.2 Å². The molecule has 0 amide bonds. The van der Waals surface area contributed by atoms with Crippen molar-refractivity contribution in [3.8, 4) is 5.75 Å². The zero-order chi connectivity index (χ0) is 11.0. The maximum Gasteiger partial charge on any atom is 0.119 e. The average Bonchev–Trinajstić information content (AvgIpc) is 2.38. The summed E-state index contributed by atoms with van der Waals surface area (Å²) < 4.78 is 5.30. The van der Waals surface area contributed by atoms with Gasteiger partial charge in [0.25, 0.3) is 0 Å². The zero-order valence-corrected chi connectivity index (χ0v) is 9.83. The summed E-state index contributed by atoms with van der Waals surface area (Å²) in [4.78, 5) is 0. The highest BCUT2D eigenvalue weighted by Gasteiger charge is 2.31. The zero-order valence-electron chi connectivity index (χ0n) is 9.83. The van der Waals surface area contributed by atoms with Crippen LogP contribution in [0.25, 0.3) is 0 Å². The number of fused-ring (bicyclic) bond motifs is 3. The van der Waals surface area contributed by atoms with Crippen LogP contribution in [-0.2, 0) is 6.42 Å². The van der Waals surface area contributed by atoms with Gasteiger partial charge in [-0.1, -0.05) is 6.07 Å². The van der Waals surface area contributed by atoms with Crippen molar-refractivity contribution in [3.05, 3.63) is 29.3 Å². The van der Waals surface area contributed by atoms with Crippen LogP contribution in [-0.4, -0.2) is 20.2 Å². The SMILES string of the molecule is COc1ccc2c(c1)CCC1CNCCC21. The first-order valence-electron chi connectivity index (χ1n) is 6.26. The molecule has 2 nitrogen and oxygen atoms in total. The molecule has 1 N–H and O–H groups in total. The summed E-state index contributed by atoms with van der Waals surface area (Å²) in [7, 11) is 1.75. The molecule has 1 saturated heterocycles. The van der Waals surface area contributed by atoms with Crippen molar-refractivity contribution in [1.82, 2.24) is 5.32 Å². The highest BCUT2D eigenvalue weighted by atomic mass is 16.5. The van der Waals surface area contributed by atoms with E-state index in [0.717, 1.165) is 17.6 Å². The van der Waals surface area contributed by atoms with E-state index in [1.54, 1.807) is 12.7 Å². The number of aryl methyl sites for hydroxylation is 1. The van der Waals surface area contributed by atoms with E-state index in [9.17, 15) is 0 Å². The maximum atomic E-state index is 5.30. The second-order valence-corrected chi connectivity index (χ2v) is 4.96. The smallest absolute Gasteiger partial charge is 0.119 e. The van der Waals surface area contributed by atoms with E-state index in [4.69, 9.17) is 4.74 Å². The number of piperidine rings is 1. The Morgan fingerprint density at radius 3 is 3.12 bits per heavy atom. The standard InChI is InChI=1S/C14H19NO/c1-16-12-4-5-13-10(8-12)2-3-11-9-15-7-6-14(11)13/h4-5,8,11,14-15H,2-3,6-7,9H2,1H3. The minimum Gasteiger partial charge on any atom is -0.497 e. The third-order valence-electron chi connectivity index (χ3n) is 4.14. The van der Waals surface area contributed by atoms with Crippen LogP contribution < -0.4 is 10.1 Å². The number of ether oxygens (including phenoxy) is 1. The fraction of sp³-hybridized carbons (Fsp3) is 0.571. The highest BCUT2D eigenvalue weighted by Crippen LogP contribution is 2.40. The Morgan fingerprint density at radius 2 is 2.25 bits per heavy atom. The Labute approximate surface area is 97.0 Å². The Kier molecular flexibility index (Phi) is 2.60. The van der Waals surface area contributed by atoms with E-state index < -0.39 is 0 Å². The number of methoxy groups -OCH3 is 1. The number of benzene rings is 1. The Morgan fingerprint density at radius 1 is 1.31 bits per heavy atom. The predicted molar refractivity (Wildman–Crippen MR) is 65.0 cm³/mol. The van der Waals surface area contributed by atoms with Crippen molar-refractivity contribution in [2.24, 2.45) is 5.92 Å². The van der Waals surface area contributed by atoms with Crippen LogP contribution in [0.3, 0.4) is 0 Å². The summed E-state index contributed by atoms with van der Waals surface area (Å²) >= 11 is 0. The molecule has 0 saturated carbocycles. The van der Waals surface area contributed by atoms with Gasteiger partial charge >= 0.3 is 0 Å². The minimum absolute atomic E-state index is 0.788. The van der Waals surface area contributed by atoms with Gasteiger partial charge in [-0.25, -0.2) is 0 Å². The van der Waals surface area contributed by atoms with Gasteiger partial charge in [-0.3, -0.25) is 0 Å². The lowest BCUT2D eigenvalue weighted by Crippen LogP contribution is -2.37. The number of hydrogen-bond donors (Lipinski definition) is 1.